The molecule has 31 heavy (non-hydrogen) atoms. The van der Waals surface area contributed by atoms with Crippen molar-refractivity contribution in [2.45, 2.75) is 13.0 Å². The number of carbonyl (C=O) groups is 1. The van der Waals surface area contributed by atoms with Crippen LogP contribution in [0.4, 0.5) is 0 Å². The first-order valence-electron chi connectivity index (χ1n) is 10.5. The number of likely N-dealkylation sites (N-methyl/N-ethyl adjacent to an activating group) is 1. The highest BCUT2D eigenvalue weighted by Gasteiger charge is 2.31. The largest absolute Gasteiger partial charge is 0.335 e. The zero-order valence-corrected chi connectivity index (χ0v) is 17.8. The molecule has 1 aliphatic rings. The number of amides is 1. The molecule has 0 unspecified atom stereocenters. The van der Waals surface area contributed by atoms with Gasteiger partial charge >= 0.3 is 0 Å². The van der Waals surface area contributed by atoms with Crippen molar-refractivity contribution >= 4 is 11.4 Å². The van der Waals surface area contributed by atoms with Gasteiger partial charge in [0.25, 0.3) is 5.91 Å². The molecule has 1 amide bonds. The molecule has 3 aromatic heterocycles. The summed E-state index contributed by atoms with van der Waals surface area (Å²) < 4.78 is 2.06. The van der Waals surface area contributed by atoms with E-state index in [4.69, 9.17) is 4.98 Å². The molecule has 0 aliphatic carbocycles. The number of hydrogen-bond donors (Lipinski definition) is 0. The van der Waals surface area contributed by atoms with E-state index in [2.05, 4.69) is 45.7 Å². The van der Waals surface area contributed by atoms with Gasteiger partial charge in [0.1, 0.15) is 0 Å². The van der Waals surface area contributed by atoms with Gasteiger partial charge in [0.05, 0.1) is 23.6 Å². The number of aromatic nitrogens is 3. The Balaban J connectivity index is 1.43. The number of benzene rings is 1. The molecule has 6 nitrogen and oxygen atoms in total. The second-order valence-corrected chi connectivity index (χ2v) is 8.20. The Morgan fingerprint density at radius 1 is 1.03 bits per heavy atom. The van der Waals surface area contributed by atoms with Crippen LogP contribution in [-0.2, 0) is 0 Å². The van der Waals surface area contributed by atoms with E-state index >= 15 is 0 Å². The summed E-state index contributed by atoms with van der Waals surface area (Å²) in [6.45, 7) is 4.19. The van der Waals surface area contributed by atoms with Gasteiger partial charge in [-0.1, -0.05) is 29.8 Å². The third-order valence-corrected chi connectivity index (χ3v) is 6.10. The van der Waals surface area contributed by atoms with Crippen molar-refractivity contribution in [1.29, 1.82) is 0 Å². The standard InChI is InChI=1S/C25H25N5O/c1-18-5-7-19(8-6-18)25(31)29-13-12-28(2)23(16-29)24-22-10-9-21(15-30(22)17-27-24)20-4-3-11-26-14-20/h3-11,14-15,17,23H,12-13,16H2,1-2H3/t23-/m0/s1. The molecule has 1 aliphatic heterocycles. The summed E-state index contributed by atoms with van der Waals surface area (Å²) in [5, 5.41) is 0. The number of aryl methyl sites for hydroxylation is 1. The number of pyridine rings is 2. The van der Waals surface area contributed by atoms with E-state index in [0.717, 1.165) is 46.6 Å². The van der Waals surface area contributed by atoms with Crippen LogP contribution in [0.2, 0.25) is 0 Å². The minimum absolute atomic E-state index is 0.0531. The van der Waals surface area contributed by atoms with Gasteiger partial charge in [0.15, 0.2) is 0 Å². The molecule has 1 atom stereocenters. The van der Waals surface area contributed by atoms with Gasteiger partial charge in [-0.2, -0.15) is 0 Å². The lowest BCUT2D eigenvalue weighted by Crippen LogP contribution is -2.49. The summed E-state index contributed by atoms with van der Waals surface area (Å²) in [6.07, 6.45) is 7.59. The number of imidazole rings is 1. The zero-order valence-electron chi connectivity index (χ0n) is 17.8. The fourth-order valence-corrected chi connectivity index (χ4v) is 4.21. The molecule has 156 valence electrons. The van der Waals surface area contributed by atoms with Crippen LogP contribution in [0.5, 0.6) is 0 Å². The van der Waals surface area contributed by atoms with Gasteiger partial charge in [-0.25, -0.2) is 4.98 Å². The highest BCUT2D eigenvalue weighted by molar-refractivity contribution is 5.94. The van der Waals surface area contributed by atoms with Crippen LogP contribution in [-0.4, -0.2) is 56.8 Å². The maximum Gasteiger partial charge on any atom is 0.253 e. The molecular weight excluding hydrogens is 386 g/mol. The predicted molar refractivity (Wildman–Crippen MR) is 121 cm³/mol. The molecule has 1 aromatic carbocycles. The number of rotatable bonds is 3. The van der Waals surface area contributed by atoms with Gasteiger partial charge in [-0.05, 0) is 43.8 Å². The fourth-order valence-electron chi connectivity index (χ4n) is 4.21. The molecule has 0 N–H and O–H groups in total. The molecule has 6 heteroatoms. The quantitative estimate of drug-likeness (QED) is 0.514. The Bertz CT molecular complexity index is 1220. The number of hydrogen-bond acceptors (Lipinski definition) is 4. The molecule has 4 heterocycles. The topological polar surface area (TPSA) is 53.7 Å². The molecule has 0 saturated carbocycles. The lowest BCUT2D eigenvalue weighted by Gasteiger charge is -2.39. The highest BCUT2D eigenvalue weighted by Crippen LogP contribution is 2.29. The van der Waals surface area contributed by atoms with E-state index in [0.29, 0.717) is 6.54 Å². The van der Waals surface area contributed by atoms with E-state index in [-0.39, 0.29) is 11.9 Å². The van der Waals surface area contributed by atoms with Crippen molar-refractivity contribution < 1.29 is 4.79 Å². The minimum atomic E-state index is 0.0531. The van der Waals surface area contributed by atoms with Gasteiger partial charge in [0.2, 0.25) is 0 Å². The average Bonchev–Trinajstić information content (AvgIpc) is 3.23. The lowest BCUT2D eigenvalue weighted by atomic mass is 10.1. The van der Waals surface area contributed by atoms with Crippen LogP contribution in [0.1, 0.15) is 27.7 Å². The monoisotopic (exact) mass is 411 g/mol. The van der Waals surface area contributed by atoms with Crippen molar-refractivity contribution in [2.24, 2.45) is 0 Å². The first-order valence-corrected chi connectivity index (χ1v) is 10.5. The van der Waals surface area contributed by atoms with E-state index in [1.807, 2.05) is 54.7 Å². The number of nitrogens with zero attached hydrogens (tertiary/aromatic N) is 5. The van der Waals surface area contributed by atoms with Crippen LogP contribution in [0.15, 0.2) is 73.4 Å². The Hall–Kier alpha value is -3.51. The molecule has 0 radical (unpaired) electrons. The Morgan fingerprint density at radius 3 is 2.65 bits per heavy atom. The molecule has 0 bridgehead atoms. The molecule has 1 saturated heterocycles. The number of piperazine rings is 1. The van der Waals surface area contributed by atoms with Crippen molar-refractivity contribution in [3.63, 3.8) is 0 Å². The van der Waals surface area contributed by atoms with Crippen molar-refractivity contribution in [3.05, 3.63) is 90.3 Å². The summed E-state index contributed by atoms with van der Waals surface area (Å²) in [6, 6.07) is 16.1. The van der Waals surface area contributed by atoms with Crippen molar-refractivity contribution in [3.8, 4) is 11.1 Å². The maximum atomic E-state index is 13.1. The summed E-state index contributed by atoms with van der Waals surface area (Å²) in [7, 11) is 2.10. The smallest absolute Gasteiger partial charge is 0.253 e. The normalized spacial score (nSPS) is 17.2. The summed E-state index contributed by atoms with van der Waals surface area (Å²) >= 11 is 0. The Kier molecular flexibility index (Phi) is 5.00. The average molecular weight is 412 g/mol. The van der Waals surface area contributed by atoms with Crippen molar-refractivity contribution in [2.75, 3.05) is 26.7 Å². The molecule has 5 rings (SSSR count). The third-order valence-electron chi connectivity index (χ3n) is 6.10. The third kappa shape index (κ3) is 3.70. The lowest BCUT2D eigenvalue weighted by molar-refractivity contribution is 0.0542. The second kappa shape index (κ2) is 7.96. The number of fused-ring (bicyclic) bond motifs is 1. The second-order valence-electron chi connectivity index (χ2n) is 8.20. The fraction of sp³-hybridized carbons (Fsp3) is 0.240. The van der Waals surface area contributed by atoms with Crippen molar-refractivity contribution in [1.82, 2.24) is 24.2 Å². The zero-order chi connectivity index (χ0) is 21.4. The summed E-state index contributed by atoms with van der Waals surface area (Å²) in [4.78, 5) is 26.3. The number of carbonyl (C=O) groups excluding carboxylic acids is 1. The van der Waals surface area contributed by atoms with Gasteiger partial charge in [0, 0.05) is 49.4 Å². The summed E-state index contributed by atoms with van der Waals surface area (Å²) in [5.74, 6) is 0.0838. The Morgan fingerprint density at radius 2 is 1.87 bits per heavy atom. The van der Waals surface area contributed by atoms with E-state index < -0.39 is 0 Å². The highest BCUT2D eigenvalue weighted by atomic mass is 16.2. The van der Waals surface area contributed by atoms with Crippen LogP contribution >= 0.6 is 0 Å². The summed E-state index contributed by atoms with van der Waals surface area (Å²) in [5.41, 5.74) is 6.13. The molecule has 4 aromatic rings. The first kappa shape index (κ1) is 19.5. The predicted octanol–water partition coefficient (Wildman–Crippen LogP) is 3.83. The van der Waals surface area contributed by atoms with Crippen LogP contribution < -0.4 is 0 Å². The molecular formula is C25H25N5O. The SMILES string of the molecule is Cc1ccc(C(=O)N2CCN(C)[C@H](c3ncn4cc(-c5cccnc5)ccc34)C2)cc1. The van der Waals surface area contributed by atoms with E-state index in [1.54, 1.807) is 6.20 Å². The van der Waals surface area contributed by atoms with Gasteiger partial charge in [-0.3, -0.25) is 14.7 Å². The van der Waals surface area contributed by atoms with Crippen LogP contribution in [0.3, 0.4) is 0 Å². The Labute approximate surface area is 181 Å². The van der Waals surface area contributed by atoms with Crippen LogP contribution in [0, 0.1) is 6.92 Å². The molecule has 0 spiro atoms. The van der Waals surface area contributed by atoms with Crippen LogP contribution in [0.25, 0.3) is 16.6 Å². The van der Waals surface area contributed by atoms with Gasteiger partial charge < -0.3 is 9.30 Å². The first-order chi connectivity index (χ1) is 15.1. The van der Waals surface area contributed by atoms with E-state index in [9.17, 15) is 4.79 Å². The maximum absolute atomic E-state index is 13.1. The minimum Gasteiger partial charge on any atom is -0.335 e. The van der Waals surface area contributed by atoms with Gasteiger partial charge in [-0.15, -0.1) is 0 Å². The molecule has 1 fully saturated rings. The van der Waals surface area contributed by atoms with E-state index in [1.165, 1.54) is 0 Å².